The van der Waals surface area contributed by atoms with Gasteiger partial charge in [-0.2, -0.15) is 0 Å². The Morgan fingerprint density at radius 2 is 2.05 bits per heavy atom. The van der Waals surface area contributed by atoms with E-state index in [1.165, 1.54) is 4.90 Å². The zero-order chi connectivity index (χ0) is 15.4. The maximum Gasteiger partial charge on any atom is 0.308 e. The minimum atomic E-state index is -0.915. The molecule has 0 aliphatic carbocycles. The molecular weight excluding hydrogens is 270 g/mol. The molecule has 1 amide bonds. The molecule has 0 bridgehead atoms. The fraction of sp³-hybridized carbons (Fsp3) is 0.250. The fourth-order valence-electron chi connectivity index (χ4n) is 2.05. The highest BCUT2D eigenvalue weighted by atomic mass is 16.4. The van der Waals surface area contributed by atoms with E-state index in [9.17, 15) is 9.59 Å². The van der Waals surface area contributed by atoms with Gasteiger partial charge in [-0.1, -0.05) is 19.1 Å². The highest BCUT2D eigenvalue weighted by molar-refractivity contribution is 5.95. The summed E-state index contributed by atoms with van der Waals surface area (Å²) in [5.74, 6) is -1.72. The summed E-state index contributed by atoms with van der Waals surface area (Å²) in [6.45, 7) is 1.75. The van der Waals surface area contributed by atoms with Crippen molar-refractivity contribution in [2.75, 3.05) is 13.6 Å². The molecule has 0 saturated carbocycles. The van der Waals surface area contributed by atoms with Crippen LogP contribution in [0.1, 0.15) is 17.3 Å². The summed E-state index contributed by atoms with van der Waals surface area (Å²) < 4.78 is 5.04. The molecule has 0 fully saturated rings. The van der Waals surface area contributed by atoms with E-state index >= 15 is 0 Å². The second-order valence-electron chi connectivity index (χ2n) is 5.02. The number of carboxylic acid groups (broad SMARTS) is 1. The molecule has 0 radical (unpaired) electrons. The monoisotopic (exact) mass is 287 g/mol. The summed E-state index contributed by atoms with van der Waals surface area (Å²) in [5.41, 5.74) is 2.30. The Bertz CT molecular complexity index is 633. The van der Waals surface area contributed by atoms with E-state index in [-0.39, 0.29) is 12.5 Å². The lowest BCUT2D eigenvalue weighted by Gasteiger charge is -2.19. The average molecular weight is 287 g/mol. The first-order valence-electron chi connectivity index (χ1n) is 6.60. The minimum Gasteiger partial charge on any atom is -0.481 e. The molecule has 21 heavy (non-hydrogen) atoms. The number of carbonyl (C=O) groups excluding carboxylic acids is 1. The van der Waals surface area contributed by atoms with E-state index in [2.05, 4.69) is 0 Å². The molecule has 5 nitrogen and oxygen atoms in total. The van der Waals surface area contributed by atoms with Gasteiger partial charge < -0.3 is 14.4 Å². The summed E-state index contributed by atoms with van der Waals surface area (Å²) in [6, 6.07) is 8.99. The Hall–Kier alpha value is -2.56. The van der Waals surface area contributed by atoms with Crippen molar-refractivity contribution in [2.45, 2.75) is 6.92 Å². The summed E-state index contributed by atoms with van der Waals surface area (Å²) in [7, 11) is 1.60. The van der Waals surface area contributed by atoms with Gasteiger partial charge in [0.2, 0.25) is 0 Å². The lowest BCUT2D eigenvalue weighted by atomic mass is 10.0. The van der Waals surface area contributed by atoms with Gasteiger partial charge in [0.25, 0.3) is 5.91 Å². The molecule has 0 saturated heterocycles. The SMILES string of the molecule is CC(CN(C)C(=O)c1cccc(-c2ccoc2)c1)C(=O)O. The average Bonchev–Trinajstić information content (AvgIpc) is 3.00. The van der Waals surface area contributed by atoms with Crippen molar-refractivity contribution in [3.63, 3.8) is 0 Å². The van der Waals surface area contributed by atoms with Gasteiger partial charge in [-0.05, 0) is 23.8 Å². The molecule has 1 atom stereocenters. The van der Waals surface area contributed by atoms with Crippen LogP contribution in [-0.4, -0.2) is 35.5 Å². The molecule has 2 rings (SSSR count). The van der Waals surface area contributed by atoms with Crippen molar-refractivity contribution in [1.82, 2.24) is 4.90 Å². The summed E-state index contributed by atoms with van der Waals surface area (Å²) in [4.78, 5) is 24.6. The topological polar surface area (TPSA) is 70.8 Å². The molecule has 110 valence electrons. The Kier molecular flexibility index (Phi) is 4.42. The Labute approximate surface area is 122 Å². The van der Waals surface area contributed by atoms with Gasteiger partial charge in [0.1, 0.15) is 0 Å². The number of rotatable bonds is 5. The van der Waals surface area contributed by atoms with Crippen LogP contribution in [0.4, 0.5) is 0 Å². The first-order valence-corrected chi connectivity index (χ1v) is 6.60. The van der Waals surface area contributed by atoms with Crippen molar-refractivity contribution in [1.29, 1.82) is 0 Å². The standard InChI is InChI=1S/C16H17NO4/c1-11(16(19)20)9-17(2)15(18)13-5-3-4-12(8-13)14-6-7-21-10-14/h3-8,10-11H,9H2,1-2H3,(H,19,20). The Morgan fingerprint density at radius 1 is 1.29 bits per heavy atom. The van der Waals surface area contributed by atoms with Gasteiger partial charge in [0.15, 0.2) is 0 Å². The number of benzene rings is 1. The molecule has 1 N–H and O–H groups in total. The molecule has 1 unspecified atom stereocenters. The van der Waals surface area contributed by atoms with Crippen molar-refractivity contribution < 1.29 is 19.1 Å². The quantitative estimate of drug-likeness (QED) is 0.918. The molecule has 5 heteroatoms. The lowest BCUT2D eigenvalue weighted by molar-refractivity contribution is -0.141. The van der Waals surface area contributed by atoms with Crippen molar-refractivity contribution >= 4 is 11.9 Å². The maximum absolute atomic E-state index is 12.3. The zero-order valence-corrected chi connectivity index (χ0v) is 11.9. The van der Waals surface area contributed by atoms with Gasteiger partial charge in [0, 0.05) is 24.7 Å². The van der Waals surface area contributed by atoms with Crippen LogP contribution in [0.25, 0.3) is 11.1 Å². The van der Waals surface area contributed by atoms with E-state index in [0.29, 0.717) is 5.56 Å². The summed E-state index contributed by atoms with van der Waals surface area (Å²) in [6.07, 6.45) is 3.18. The van der Waals surface area contributed by atoms with Gasteiger partial charge in [-0.25, -0.2) is 0 Å². The number of nitrogens with zero attached hydrogens (tertiary/aromatic N) is 1. The van der Waals surface area contributed by atoms with Crippen LogP contribution in [0.15, 0.2) is 47.3 Å². The summed E-state index contributed by atoms with van der Waals surface area (Å²) >= 11 is 0. The number of carboxylic acids is 1. The van der Waals surface area contributed by atoms with Crippen LogP contribution in [-0.2, 0) is 4.79 Å². The van der Waals surface area contributed by atoms with Crippen molar-refractivity contribution in [2.24, 2.45) is 5.92 Å². The number of amides is 1. The molecule has 1 heterocycles. The van der Waals surface area contributed by atoms with Crippen LogP contribution in [0.3, 0.4) is 0 Å². The van der Waals surface area contributed by atoms with Crippen LogP contribution < -0.4 is 0 Å². The first kappa shape index (κ1) is 14.8. The van der Waals surface area contributed by atoms with E-state index in [4.69, 9.17) is 9.52 Å². The third kappa shape index (κ3) is 3.51. The Balaban J connectivity index is 2.16. The Morgan fingerprint density at radius 3 is 2.67 bits per heavy atom. The molecular formula is C16H17NO4. The van der Waals surface area contributed by atoms with E-state index in [1.54, 1.807) is 44.7 Å². The highest BCUT2D eigenvalue weighted by Crippen LogP contribution is 2.21. The largest absolute Gasteiger partial charge is 0.481 e. The maximum atomic E-state index is 12.3. The number of hydrogen-bond acceptors (Lipinski definition) is 3. The molecule has 0 spiro atoms. The van der Waals surface area contributed by atoms with Crippen LogP contribution in [0.2, 0.25) is 0 Å². The molecule has 2 aromatic rings. The predicted molar refractivity (Wildman–Crippen MR) is 77.9 cm³/mol. The molecule has 0 aliphatic rings. The highest BCUT2D eigenvalue weighted by Gasteiger charge is 2.18. The van der Waals surface area contributed by atoms with Crippen LogP contribution >= 0.6 is 0 Å². The van der Waals surface area contributed by atoms with Gasteiger partial charge >= 0.3 is 5.97 Å². The fourth-order valence-corrected chi connectivity index (χ4v) is 2.05. The van der Waals surface area contributed by atoms with Crippen LogP contribution in [0, 0.1) is 5.92 Å². The number of aliphatic carboxylic acids is 1. The zero-order valence-electron chi connectivity index (χ0n) is 11.9. The lowest BCUT2D eigenvalue weighted by Crippen LogP contribution is -2.33. The van der Waals surface area contributed by atoms with Crippen LogP contribution in [0.5, 0.6) is 0 Å². The predicted octanol–water partition coefficient (Wildman–Crippen LogP) is 2.74. The normalized spacial score (nSPS) is 11.9. The smallest absolute Gasteiger partial charge is 0.308 e. The number of furan rings is 1. The van der Waals surface area contributed by atoms with Gasteiger partial charge in [0.05, 0.1) is 18.4 Å². The summed E-state index contributed by atoms with van der Waals surface area (Å²) in [5, 5.41) is 8.90. The number of carbonyl (C=O) groups is 2. The third-order valence-electron chi connectivity index (χ3n) is 3.28. The molecule has 1 aromatic carbocycles. The van der Waals surface area contributed by atoms with Gasteiger partial charge in [-0.15, -0.1) is 0 Å². The van der Waals surface area contributed by atoms with E-state index in [1.807, 2.05) is 12.1 Å². The van der Waals surface area contributed by atoms with Gasteiger partial charge in [-0.3, -0.25) is 9.59 Å². The van der Waals surface area contributed by atoms with Crippen molar-refractivity contribution in [3.8, 4) is 11.1 Å². The van der Waals surface area contributed by atoms with Crippen molar-refractivity contribution in [3.05, 3.63) is 48.4 Å². The second kappa shape index (κ2) is 6.26. The van der Waals surface area contributed by atoms with E-state index < -0.39 is 11.9 Å². The second-order valence-corrected chi connectivity index (χ2v) is 5.02. The third-order valence-corrected chi connectivity index (χ3v) is 3.28. The molecule has 0 aliphatic heterocycles. The van der Waals surface area contributed by atoms with E-state index in [0.717, 1.165) is 11.1 Å². The first-order chi connectivity index (χ1) is 9.99. The minimum absolute atomic E-state index is 0.171. The molecule has 1 aromatic heterocycles. The number of hydrogen-bond donors (Lipinski definition) is 1.